The molecule has 2 saturated heterocycles. The number of rotatable bonds is 6. The van der Waals surface area contributed by atoms with E-state index in [2.05, 4.69) is 102 Å². The standard InChI is InChI=1S/C30H46N2O4/c1-27(2)16-15-25(19-28(3,4)31(27)33-9)35-23-13-11-21-12-14-24(18-22(21)17-23)36-26-20-29(5,6)32(34-10)30(26,7)8/h11-14,17-18,25-26H,15-16,19-20H2,1-10H3. The molecule has 2 aliphatic heterocycles. The number of hydrogen-bond acceptors (Lipinski definition) is 6. The highest BCUT2D eigenvalue weighted by atomic mass is 16.7. The predicted molar refractivity (Wildman–Crippen MR) is 145 cm³/mol. The lowest BCUT2D eigenvalue weighted by atomic mass is 9.95. The van der Waals surface area contributed by atoms with Crippen LogP contribution in [0.15, 0.2) is 36.4 Å². The van der Waals surface area contributed by atoms with E-state index in [1.807, 2.05) is 0 Å². The molecule has 2 fully saturated rings. The molecule has 0 radical (unpaired) electrons. The van der Waals surface area contributed by atoms with Gasteiger partial charge in [0.15, 0.2) is 0 Å². The maximum absolute atomic E-state index is 6.58. The van der Waals surface area contributed by atoms with Crippen LogP contribution in [-0.4, -0.2) is 58.7 Å². The Hall–Kier alpha value is -1.86. The monoisotopic (exact) mass is 498 g/mol. The van der Waals surface area contributed by atoms with Gasteiger partial charge in [-0.15, -0.1) is 0 Å². The molecule has 0 N–H and O–H groups in total. The van der Waals surface area contributed by atoms with Crippen molar-refractivity contribution in [2.24, 2.45) is 0 Å². The minimum Gasteiger partial charge on any atom is -0.490 e. The summed E-state index contributed by atoms with van der Waals surface area (Å²) >= 11 is 0. The van der Waals surface area contributed by atoms with Crippen molar-refractivity contribution in [1.82, 2.24) is 10.1 Å². The summed E-state index contributed by atoms with van der Waals surface area (Å²) in [6.45, 7) is 17.7. The van der Waals surface area contributed by atoms with Crippen LogP contribution in [0.1, 0.15) is 81.1 Å². The van der Waals surface area contributed by atoms with E-state index in [1.165, 1.54) is 5.39 Å². The molecule has 2 unspecified atom stereocenters. The summed E-state index contributed by atoms with van der Waals surface area (Å²) in [5, 5.41) is 6.50. The molecule has 0 aliphatic carbocycles. The Kier molecular flexibility index (Phi) is 7.15. The van der Waals surface area contributed by atoms with E-state index in [0.29, 0.717) is 0 Å². The highest BCUT2D eigenvalue weighted by Gasteiger charge is 2.54. The predicted octanol–water partition coefficient (Wildman–Crippen LogP) is 6.76. The van der Waals surface area contributed by atoms with Crippen molar-refractivity contribution in [3.63, 3.8) is 0 Å². The molecule has 6 heteroatoms. The second-order valence-corrected chi connectivity index (χ2v) is 13.0. The van der Waals surface area contributed by atoms with Gasteiger partial charge in [0.1, 0.15) is 23.7 Å². The van der Waals surface area contributed by atoms with Gasteiger partial charge in [0, 0.05) is 29.5 Å². The fourth-order valence-corrected chi connectivity index (χ4v) is 6.84. The minimum absolute atomic E-state index is 0.0182. The van der Waals surface area contributed by atoms with Gasteiger partial charge in [0.2, 0.25) is 0 Å². The first-order valence-electron chi connectivity index (χ1n) is 13.3. The Morgan fingerprint density at radius 2 is 1.22 bits per heavy atom. The number of benzene rings is 2. The molecule has 0 spiro atoms. The summed E-state index contributed by atoms with van der Waals surface area (Å²) in [4.78, 5) is 11.6. The van der Waals surface area contributed by atoms with Crippen molar-refractivity contribution in [2.45, 2.75) is 115 Å². The van der Waals surface area contributed by atoms with E-state index in [9.17, 15) is 0 Å². The summed E-state index contributed by atoms with van der Waals surface area (Å²) in [6, 6.07) is 12.7. The average molecular weight is 499 g/mol. The molecule has 200 valence electrons. The van der Waals surface area contributed by atoms with Crippen LogP contribution in [0.4, 0.5) is 0 Å². The molecule has 0 amide bonds. The van der Waals surface area contributed by atoms with E-state index in [1.54, 1.807) is 14.2 Å². The largest absolute Gasteiger partial charge is 0.490 e. The molecular weight excluding hydrogens is 452 g/mol. The molecule has 2 heterocycles. The summed E-state index contributed by atoms with van der Waals surface area (Å²) < 4.78 is 13.1. The Morgan fingerprint density at radius 1 is 0.667 bits per heavy atom. The highest BCUT2D eigenvalue weighted by Crippen LogP contribution is 2.43. The molecule has 0 saturated carbocycles. The molecule has 6 nitrogen and oxygen atoms in total. The summed E-state index contributed by atoms with van der Waals surface area (Å²) in [7, 11) is 3.51. The normalized spacial score (nSPS) is 27.6. The number of fused-ring (bicyclic) bond motifs is 1. The third kappa shape index (κ3) is 5.10. The molecule has 36 heavy (non-hydrogen) atoms. The number of nitrogens with zero attached hydrogens (tertiary/aromatic N) is 2. The molecule has 2 atom stereocenters. The molecule has 2 aromatic carbocycles. The van der Waals surface area contributed by atoms with Crippen molar-refractivity contribution in [1.29, 1.82) is 0 Å². The van der Waals surface area contributed by atoms with Gasteiger partial charge in [-0.3, -0.25) is 0 Å². The average Bonchev–Trinajstić information content (AvgIpc) is 2.87. The maximum atomic E-state index is 6.58. The number of hydrogen-bond donors (Lipinski definition) is 0. The van der Waals surface area contributed by atoms with E-state index in [4.69, 9.17) is 19.1 Å². The van der Waals surface area contributed by atoms with Gasteiger partial charge in [0.25, 0.3) is 0 Å². The molecule has 0 bridgehead atoms. The van der Waals surface area contributed by atoms with Gasteiger partial charge in [-0.05, 0) is 103 Å². The van der Waals surface area contributed by atoms with Crippen molar-refractivity contribution < 1.29 is 19.1 Å². The fraction of sp³-hybridized carbons (Fsp3) is 0.667. The van der Waals surface area contributed by atoms with Crippen LogP contribution in [0, 0.1) is 0 Å². The highest BCUT2D eigenvalue weighted by molar-refractivity contribution is 5.85. The van der Waals surface area contributed by atoms with Crippen LogP contribution in [-0.2, 0) is 9.68 Å². The number of ether oxygens (including phenoxy) is 2. The zero-order valence-electron chi connectivity index (χ0n) is 24.0. The van der Waals surface area contributed by atoms with Crippen LogP contribution in [0.3, 0.4) is 0 Å². The van der Waals surface area contributed by atoms with Crippen molar-refractivity contribution in [2.75, 3.05) is 14.2 Å². The fourth-order valence-electron chi connectivity index (χ4n) is 6.84. The van der Waals surface area contributed by atoms with Gasteiger partial charge in [-0.2, -0.15) is 10.1 Å². The lowest BCUT2D eigenvalue weighted by Crippen LogP contribution is -2.53. The van der Waals surface area contributed by atoms with Gasteiger partial charge >= 0.3 is 0 Å². The second-order valence-electron chi connectivity index (χ2n) is 13.0. The smallest absolute Gasteiger partial charge is 0.121 e. The zero-order valence-corrected chi connectivity index (χ0v) is 24.0. The summed E-state index contributed by atoms with van der Waals surface area (Å²) in [5.74, 6) is 1.77. The Morgan fingerprint density at radius 3 is 1.78 bits per heavy atom. The molecular formula is C30H46N2O4. The Labute approximate surface area is 217 Å². The van der Waals surface area contributed by atoms with Crippen LogP contribution in [0.5, 0.6) is 11.5 Å². The van der Waals surface area contributed by atoms with E-state index in [0.717, 1.165) is 42.6 Å². The first kappa shape index (κ1) is 27.2. The van der Waals surface area contributed by atoms with Gasteiger partial charge in [0.05, 0.1) is 19.8 Å². The van der Waals surface area contributed by atoms with Gasteiger partial charge in [-0.1, -0.05) is 12.1 Å². The lowest BCUT2D eigenvalue weighted by Gasteiger charge is -2.44. The number of hydroxylamine groups is 4. The van der Waals surface area contributed by atoms with Crippen molar-refractivity contribution in [3.8, 4) is 11.5 Å². The van der Waals surface area contributed by atoms with Crippen LogP contribution in [0.25, 0.3) is 10.8 Å². The first-order valence-corrected chi connectivity index (χ1v) is 13.3. The Balaban J connectivity index is 1.53. The minimum atomic E-state index is -0.242. The Bertz CT molecular complexity index is 1080. The van der Waals surface area contributed by atoms with Crippen molar-refractivity contribution >= 4 is 10.8 Å². The summed E-state index contributed by atoms with van der Waals surface area (Å²) in [5.41, 5.74) is -0.517. The molecule has 2 aromatic rings. The van der Waals surface area contributed by atoms with Gasteiger partial charge < -0.3 is 19.1 Å². The SMILES string of the molecule is CON1C(C)(C)CCC(Oc2ccc3ccc(OC4CC(C)(C)N(OC)C4(C)C)cc3c2)CC1(C)C. The first-order chi connectivity index (χ1) is 16.7. The van der Waals surface area contributed by atoms with Gasteiger partial charge in [-0.25, -0.2) is 0 Å². The molecule has 4 rings (SSSR count). The topological polar surface area (TPSA) is 43.4 Å². The second kappa shape index (κ2) is 9.46. The third-order valence-corrected chi connectivity index (χ3v) is 8.18. The van der Waals surface area contributed by atoms with E-state index >= 15 is 0 Å². The van der Waals surface area contributed by atoms with E-state index < -0.39 is 0 Å². The van der Waals surface area contributed by atoms with Crippen molar-refractivity contribution in [3.05, 3.63) is 36.4 Å². The summed E-state index contributed by atoms with van der Waals surface area (Å²) in [6.07, 6.45) is 3.92. The lowest BCUT2D eigenvalue weighted by molar-refractivity contribution is -0.246. The maximum Gasteiger partial charge on any atom is 0.121 e. The van der Waals surface area contributed by atoms with Crippen LogP contribution in [0.2, 0.25) is 0 Å². The third-order valence-electron chi connectivity index (χ3n) is 8.18. The van der Waals surface area contributed by atoms with Crippen LogP contribution < -0.4 is 9.47 Å². The molecule has 0 aromatic heterocycles. The van der Waals surface area contributed by atoms with E-state index in [-0.39, 0.29) is 34.4 Å². The molecule has 2 aliphatic rings. The quantitative estimate of drug-likeness (QED) is 0.438. The van der Waals surface area contributed by atoms with Crippen LogP contribution >= 0.6 is 0 Å². The zero-order chi connectivity index (χ0) is 26.5.